The van der Waals surface area contributed by atoms with E-state index in [0.29, 0.717) is 37.6 Å². The molecule has 1 aliphatic rings. The fourth-order valence-corrected chi connectivity index (χ4v) is 1.79. The third-order valence-electron chi connectivity index (χ3n) is 2.48. The summed E-state index contributed by atoms with van der Waals surface area (Å²) in [5.74, 6) is 0. The van der Waals surface area contributed by atoms with Crippen molar-refractivity contribution in [1.29, 1.82) is 0 Å². The summed E-state index contributed by atoms with van der Waals surface area (Å²) in [5.41, 5.74) is -0.687. The van der Waals surface area contributed by atoms with Crippen LogP contribution >= 0.6 is 11.6 Å². The minimum absolute atomic E-state index is 0.489. The van der Waals surface area contributed by atoms with Gasteiger partial charge in [0.25, 0.3) is 0 Å². The van der Waals surface area contributed by atoms with Gasteiger partial charge in [0.05, 0.1) is 23.4 Å². The Labute approximate surface area is 87.4 Å². The number of rotatable bonds is 2. The lowest BCUT2D eigenvalue weighted by molar-refractivity contribution is -0.0744. The first-order valence-corrected chi connectivity index (χ1v) is 5.04. The predicted molar refractivity (Wildman–Crippen MR) is 52.2 cm³/mol. The summed E-state index contributed by atoms with van der Waals surface area (Å²) in [4.78, 5) is 0. The molecule has 0 amide bonds. The van der Waals surface area contributed by atoms with Gasteiger partial charge in [-0.15, -0.1) is 0 Å². The van der Waals surface area contributed by atoms with Crippen LogP contribution in [0, 0.1) is 0 Å². The highest BCUT2D eigenvalue weighted by molar-refractivity contribution is 6.30. The van der Waals surface area contributed by atoms with Crippen LogP contribution < -0.4 is 0 Å². The second-order valence-electron chi connectivity index (χ2n) is 3.69. The highest BCUT2D eigenvalue weighted by Gasteiger charge is 2.30. The minimum Gasteiger partial charge on any atom is -0.388 e. The molecule has 1 aromatic rings. The highest BCUT2D eigenvalue weighted by atomic mass is 35.5. The second kappa shape index (κ2) is 3.88. The molecule has 2 heterocycles. The van der Waals surface area contributed by atoms with Crippen LogP contribution in [0.15, 0.2) is 12.4 Å². The summed E-state index contributed by atoms with van der Waals surface area (Å²) in [7, 11) is 0. The Morgan fingerprint density at radius 1 is 1.57 bits per heavy atom. The van der Waals surface area contributed by atoms with Gasteiger partial charge in [0.2, 0.25) is 0 Å². The molecule has 78 valence electrons. The molecular formula is C9H13ClN2O2. The largest absolute Gasteiger partial charge is 0.388 e. The van der Waals surface area contributed by atoms with E-state index in [0.717, 1.165) is 0 Å². The minimum atomic E-state index is -0.687. The molecule has 0 atom stereocenters. The normalized spacial score (nSPS) is 21.0. The van der Waals surface area contributed by atoms with E-state index in [1.807, 2.05) is 0 Å². The SMILES string of the molecule is OC1(Cn2cc(Cl)cn2)CCOCC1. The monoisotopic (exact) mass is 216 g/mol. The Morgan fingerprint density at radius 3 is 2.86 bits per heavy atom. The Kier molecular flexibility index (Phi) is 2.76. The molecule has 0 aliphatic carbocycles. The predicted octanol–water partition coefficient (Wildman–Crippen LogP) is 1.08. The summed E-state index contributed by atoms with van der Waals surface area (Å²) >= 11 is 5.73. The number of nitrogens with zero attached hydrogens (tertiary/aromatic N) is 2. The zero-order valence-corrected chi connectivity index (χ0v) is 8.57. The molecule has 1 aliphatic heterocycles. The van der Waals surface area contributed by atoms with Crippen LogP contribution in [0.25, 0.3) is 0 Å². The Hall–Kier alpha value is -0.580. The van der Waals surface area contributed by atoms with E-state index in [1.54, 1.807) is 17.1 Å². The van der Waals surface area contributed by atoms with Crippen molar-refractivity contribution in [3.8, 4) is 0 Å². The zero-order valence-electron chi connectivity index (χ0n) is 7.82. The molecule has 1 fully saturated rings. The van der Waals surface area contributed by atoms with Crippen molar-refractivity contribution < 1.29 is 9.84 Å². The molecule has 2 rings (SSSR count). The summed E-state index contributed by atoms with van der Waals surface area (Å²) in [5, 5.41) is 14.8. The molecule has 0 unspecified atom stereocenters. The number of ether oxygens (including phenoxy) is 1. The van der Waals surface area contributed by atoms with Gasteiger partial charge in [0.1, 0.15) is 0 Å². The van der Waals surface area contributed by atoms with Gasteiger partial charge in [-0.05, 0) is 0 Å². The van der Waals surface area contributed by atoms with Gasteiger partial charge in [0.15, 0.2) is 0 Å². The molecule has 1 saturated heterocycles. The van der Waals surface area contributed by atoms with Gasteiger partial charge >= 0.3 is 0 Å². The smallest absolute Gasteiger partial charge is 0.0886 e. The van der Waals surface area contributed by atoms with E-state index < -0.39 is 5.60 Å². The maximum atomic E-state index is 10.2. The van der Waals surface area contributed by atoms with Crippen LogP contribution in [0.3, 0.4) is 0 Å². The Morgan fingerprint density at radius 2 is 2.29 bits per heavy atom. The van der Waals surface area contributed by atoms with Crippen molar-refractivity contribution in [1.82, 2.24) is 9.78 Å². The fourth-order valence-electron chi connectivity index (χ4n) is 1.64. The molecule has 0 spiro atoms. The number of aromatic nitrogens is 2. The molecule has 1 N–H and O–H groups in total. The third-order valence-corrected chi connectivity index (χ3v) is 2.68. The van der Waals surface area contributed by atoms with Crippen LogP contribution in [-0.2, 0) is 11.3 Å². The average Bonchev–Trinajstić information content (AvgIpc) is 2.51. The quantitative estimate of drug-likeness (QED) is 0.805. The van der Waals surface area contributed by atoms with Crippen LogP contribution in [0.1, 0.15) is 12.8 Å². The van der Waals surface area contributed by atoms with Crippen LogP contribution in [0.5, 0.6) is 0 Å². The van der Waals surface area contributed by atoms with E-state index in [1.165, 1.54) is 0 Å². The first-order chi connectivity index (χ1) is 6.68. The number of hydrogen-bond acceptors (Lipinski definition) is 3. The first-order valence-electron chi connectivity index (χ1n) is 4.66. The van der Waals surface area contributed by atoms with Gasteiger partial charge in [0, 0.05) is 32.3 Å². The maximum Gasteiger partial charge on any atom is 0.0886 e. The number of hydrogen-bond donors (Lipinski definition) is 1. The molecule has 4 nitrogen and oxygen atoms in total. The second-order valence-corrected chi connectivity index (χ2v) is 4.13. The molecular weight excluding hydrogens is 204 g/mol. The van der Waals surface area contributed by atoms with Crippen molar-refractivity contribution in [2.75, 3.05) is 13.2 Å². The summed E-state index contributed by atoms with van der Waals surface area (Å²) in [6.07, 6.45) is 4.61. The Bertz CT molecular complexity index is 308. The molecule has 0 radical (unpaired) electrons. The van der Waals surface area contributed by atoms with Crippen molar-refractivity contribution in [2.24, 2.45) is 0 Å². The fraction of sp³-hybridized carbons (Fsp3) is 0.667. The van der Waals surface area contributed by atoms with Crippen molar-refractivity contribution in [3.05, 3.63) is 17.4 Å². The van der Waals surface area contributed by atoms with Gasteiger partial charge in [-0.3, -0.25) is 4.68 Å². The van der Waals surface area contributed by atoms with Crippen LogP contribution in [0.4, 0.5) is 0 Å². The van der Waals surface area contributed by atoms with E-state index in [4.69, 9.17) is 16.3 Å². The van der Waals surface area contributed by atoms with E-state index >= 15 is 0 Å². The number of halogens is 1. The Balaban J connectivity index is 2.01. The topological polar surface area (TPSA) is 47.3 Å². The third kappa shape index (κ3) is 2.26. The summed E-state index contributed by atoms with van der Waals surface area (Å²) in [6, 6.07) is 0. The highest BCUT2D eigenvalue weighted by Crippen LogP contribution is 2.22. The molecule has 14 heavy (non-hydrogen) atoms. The van der Waals surface area contributed by atoms with Gasteiger partial charge in [-0.1, -0.05) is 11.6 Å². The molecule has 0 aromatic carbocycles. The van der Waals surface area contributed by atoms with E-state index in [9.17, 15) is 5.11 Å². The van der Waals surface area contributed by atoms with E-state index in [-0.39, 0.29) is 0 Å². The van der Waals surface area contributed by atoms with Gasteiger partial charge in [-0.25, -0.2) is 0 Å². The zero-order chi connectivity index (χ0) is 10.0. The van der Waals surface area contributed by atoms with Crippen LogP contribution in [0.2, 0.25) is 5.02 Å². The summed E-state index contributed by atoms with van der Waals surface area (Å²) in [6.45, 7) is 1.72. The lowest BCUT2D eigenvalue weighted by atomic mass is 9.95. The van der Waals surface area contributed by atoms with Gasteiger partial charge in [-0.2, -0.15) is 5.10 Å². The summed E-state index contributed by atoms with van der Waals surface area (Å²) < 4.78 is 6.87. The average molecular weight is 217 g/mol. The standard InChI is InChI=1S/C9H13ClN2O2/c10-8-5-11-12(6-8)7-9(13)1-3-14-4-2-9/h5-6,13H,1-4,7H2. The molecule has 0 saturated carbocycles. The van der Waals surface area contributed by atoms with Crippen molar-refractivity contribution in [2.45, 2.75) is 25.0 Å². The van der Waals surface area contributed by atoms with E-state index in [2.05, 4.69) is 5.10 Å². The lowest BCUT2D eigenvalue weighted by Gasteiger charge is -2.31. The first kappa shape index (κ1) is 9.96. The van der Waals surface area contributed by atoms with Crippen molar-refractivity contribution in [3.63, 3.8) is 0 Å². The molecule has 1 aromatic heterocycles. The maximum absolute atomic E-state index is 10.2. The molecule has 0 bridgehead atoms. The lowest BCUT2D eigenvalue weighted by Crippen LogP contribution is -2.40. The van der Waals surface area contributed by atoms with Gasteiger partial charge < -0.3 is 9.84 Å². The number of aliphatic hydroxyl groups is 1. The molecule has 5 heteroatoms. The van der Waals surface area contributed by atoms with Crippen LogP contribution in [-0.4, -0.2) is 33.7 Å². The van der Waals surface area contributed by atoms with Crippen molar-refractivity contribution >= 4 is 11.6 Å².